The zero-order valence-corrected chi connectivity index (χ0v) is 14.4. The van der Waals surface area contributed by atoms with Crippen LogP contribution in [0.2, 0.25) is 0 Å². The fraction of sp³-hybridized carbons (Fsp3) is 0.650. The third-order valence-electron chi connectivity index (χ3n) is 4.12. The molecule has 1 rings (SSSR count). The van der Waals surface area contributed by atoms with Crippen molar-refractivity contribution in [2.24, 2.45) is 0 Å². The summed E-state index contributed by atoms with van der Waals surface area (Å²) in [4.78, 5) is 11.9. The molecule has 1 aromatic carbocycles. The molecule has 0 unspecified atom stereocenters. The van der Waals surface area contributed by atoms with E-state index in [1.165, 1.54) is 44.1 Å². The lowest BCUT2D eigenvalue weighted by Crippen LogP contribution is -2.32. The van der Waals surface area contributed by atoms with Gasteiger partial charge in [0.1, 0.15) is 0 Å². The van der Waals surface area contributed by atoms with Gasteiger partial charge >= 0.3 is 0 Å². The molecular formula is C20H33NO. The summed E-state index contributed by atoms with van der Waals surface area (Å²) >= 11 is 0. The molecule has 2 heteroatoms. The SMILES string of the molecule is CCCCCCCCCC(=O)N[C@@H](C)CCc1ccccc1. The molecule has 22 heavy (non-hydrogen) atoms. The van der Waals surface area contributed by atoms with Gasteiger partial charge in [-0.15, -0.1) is 0 Å². The number of hydrogen-bond acceptors (Lipinski definition) is 1. The van der Waals surface area contributed by atoms with Crippen molar-refractivity contribution in [2.45, 2.75) is 84.1 Å². The van der Waals surface area contributed by atoms with Crippen LogP contribution >= 0.6 is 0 Å². The molecule has 1 amide bonds. The van der Waals surface area contributed by atoms with Gasteiger partial charge < -0.3 is 5.32 Å². The van der Waals surface area contributed by atoms with Crippen molar-refractivity contribution in [3.63, 3.8) is 0 Å². The fourth-order valence-corrected chi connectivity index (χ4v) is 2.69. The van der Waals surface area contributed by atoms with Gasteiger partial charge in [-0.05, 0) is 31.7 Å². The van der Waals surface area contributed by atoms with E-state index in [9.17, 15) is 4.79 Å². The molecule has 0 fully saturated rings. The minimum atomic E-state index is 0.217. The van der Waals surface area contributed by atoms with Crippen molar-refractivity contribution in [2.75, 3.05) is 0 Å². The van der Waals surface area contributed by atoms with Crippen molar-refractivity contribution < 1.29 is 4.79 Å². The average molecular weight is 303 g/mol. The second-order valence-corrected chi connectivity index (χ2v) is 6.36. The number of amides is 1. The second kappa shape index (κ2) is 12.3. The molecule has 0 aliphatic rings. The molecule has 2 nitrogen and oxygen atoms in total. The predicted octanol–water partition coefficient (Wildman–Crippen LogP) is 5.26. The van der Waals surface area contributed by atoms with Crippen LogP contribution in [0.4, 0.5) is 0 Å². The Bertz CT molecular complexity index is 388. The third-order valence-corrected chi connectivity index (χ3v) is 4.12. The lowest BCUT2D eigenvalue weighted by molar-refractivity contribution is -0.121. The highest BCUT2D eigenvalue weighted by Crippen LogP contribution is 2.09. The number of carbonyl (C=O) groups is 1. The molecule has 1 N–H and O–H groups in total. The van der Waals surface area contributed by atoms with E-state index in [0.717, 1.165) is 19.3 Å². The summed E-state index contributed by atoms with van der Waals surface area (Å²) in [6.45, 7) is 4.34. The first kappa shape index (κ1) is 18.7. The maximum atomic E-state index is 11.9. The number of aryl methyl sites for hydroxylation is 1. The molecule has 1 aromatic rings. The third kappa shape index (κ3) is 9.59. The van der Waals surface area contributed by atoms with Gasteiger partial charge in [0.05, 0.1) is 0 Å². The Labute approximate surface area is 136 Å². The first-order valence-electron chi connectivity index (χ1n) is 9.05. The van der Waals surface area contributed by atoms with Gasteiger partial charge in [0.15, 0.2) is 0 Å². The molecule has 0 bridgehead atoms. The van der Waals surface area contributed by atoms with E-state index < -0.39 is 0 Å². The van der Waals surface area contributed by atoms with E-state index in [1.807, 2.05) is 6.07 Å². The first-order chi connectivity index (χ1) is 10.7. The molecule has 0 aliphatic carbocycles. The number of nitrogens with one attached hydrogen (secondary N) is 1. The maximum absolute atomic E-state index is 11.9. The van der Waals surface area contributed by atoms with E-state index in [0.29, 0.717) is 6.42 Å². The lowest BCUT2D eigenvalue weighted by Gasteiger charge is -2.14. The Kier molecular flexibility index (Phi) is 10.4. The topological polar surface area (TPSA) is 29.1 Å². The van der Waals surface area contributed by atoms with Crippen LogP contribution in [0.15, 0.2) is 30.3 Å². The quantitative estimate of drug-likeness (QED) is 0.524. The smallest absolute Gasteiger partial charge is 0.220 e. The summed E-state index contributed by atoms with van der Waals surface area (Å²) in [5.74, 6) is 0.217. The van der Waals surface area contributed by atoms with Gasteiger partial charge in [-0.3, -0.25) is 4.79 Å². The van der Waals surface area contributed by atoms with Gasteiger partial charge in [0.2, 0.25) is 5.91 Å². The van der Waals surface area contributed by atoms with Gasteiger partial charge in [0, 0.05) is 12.5 Å². The van der Waals surface area contributed by atoms with E-state index >= 15 is 0 Å². The van der Waals surface area contributed by atoms with Gasteiger partial charge in [-0.25, -0.2) is 0 Å². The highest BCUT2D eigenvalue weighted by atomic mass is 16.1. The van der Waals surface area contributed by atoms with Crippen molar-refractivity contribution in [1.29, 1.82) is 0 Å². The van der Waals surface area contributed by atoms with Crippen LogP contribution in [-0.4, -0.2) is 11.9 Å². The van der Waals surface area contributed by atoms with Crippen LogP contribution in [0.1, 0.15) is 77.2 Å². The lowest BCUT2D eigenvalue weighted by atomic mass is 10.1. The second-order valence-electron chi connectivity index (χ2n) is 6.36. The first-order valence-corrected chi connectivity index (χ1v) is 9.05. The molecule has 1 atom stereocenters. The van der Waals surface area contributed by atoms with Crippen molar-refractivity contribution >= 4 is 5.91 Å². The fourth-order valence-electron chi connectivity index (χ4n) is 2.69. The zero-order chi connectivity index (χ0) is 16.0. The number of unbranched alkanes of at least 4 members (excludes halogenated alkanes) is 6. The maximum Gasteiger partial charge on any atom is 0.220 e. The molecule has 0 aliphatic heterocycles. The standard InChI is InChI=1S/C20H33NO/c1-3-4-5-6-7-8-12-15-20(22)21-18(2)16-17-19-13-10-9-11-14-19/h9-11,13-14,18H,3-8,12,15-17H2,1-2H3,(H,21,22)/t18-/m0/s1. The molecule has 0 heterocycles. The van der Waals surface area contributed by atoms with Crippen LogP contribution in [-0.2, 0) is 11.2 Å². The molecule has 124 valence electrons. The zero-order valence-electron chi connectivity index (χ0n) is 14.4. The number of hydrogen-bond donors (Lipinski definition) is 1. The highest BCUT2D eigenvalue weighted by molar-refractivity contribution is 5.76. The van der Waals surface area contributed by atoms with Crippen LogP contribution in [0, 0.1) is 0 Å². The molecule has 0 spiro atoms. The van der Waals surface area contributed by atoms with Crippen LogP contribution in [0.5, 0.6) is 0 Å². The van der Waals surface area contributed by atoms with Crippen molar-refractivity contribution in [1.82, 2.24) is 5.32 Å². The summed E-state index contributed by atoms with van der Waals surface area (Å²) in [5.41, 5.74) is 1.34. The van der Waals surface area contributed by atoms with E-state index in [-0.39, 0.29) is 11.9 Å². The van der Waals surface area contributed by atoms with E-state index in [2.05, 4.69) is 43.4 Å². The molecule has 0 radical (unpaired) electrons. The monoisotopic (exact) mass is 303 g/mol. The molecule has 0 saturated carbocycles. The summed E-state index contributed by atoms with van der Waals surface area (Å²) in [5, 5.41) is 3.12. The minimum Gasteiger partial charge on any atom is -0.354 e. The summed E-state index contributed by atoms with van der Waals surface area (Å²) in [7, 11) is 0. The molecule has 0 saturated heterocycles. The van der Waals surface area contributed by atoms with Gasteiger partial charge in [0.25, 0.3) is 0 Å². The van der Waals surface area contributed by atoms with Gasteiger partial charge in [-0.2, -0.15) is 0 Å². The summed E-state index contributed by atoms with van der Waals surface area (Å²) in [6, 6.07) is 10.7. The number of benzene rings is 1. The van der Waals surface area contributed by atoms with Gasteiger partial charge in [-0.1, -0.05) is 75.8 Å². The minimum absolute atomic E-state index is 0.217. The Hall–Kier alpha value is -1.31. The number of carbonyl (C=O) groups excluding carboxylic acids is 1. The van der Waals surface area contributed by atoms with Crippen LogP contribution in [0.25, 0.3) is 0 Å². The van der Waals surface area contributed by atoms with Crippen molar-refractivity contribution in [3.05, 3.63) is 35.9 Å². The van der Waals surface area contributed by atoms with Crippen LogP contribution < -0.4 is 5.32 Å². The summed E-state index contributed by atoms with van der Waals surface area (Å²) < 4.78 is 0. The highest BCUT2D eigenvalue weighted by Gasteiger charge is 2.07. The van der Waals surface area contributed by atoms with E-state index in [1.54, 1.807) is 0 Å². The Balaban J connectivity index is 2.01. The molecule has 0 aromatic heterocycles. The van der Waals surface area contributed by atoms with E-state index in [4.69, 9.17) is 0 Å². The molecular weight excluding hydrogens is 270 g/mol. The largest absolute Gasteiger partial charge is 0.354 e. The van der Waals surface area contributed by atoms with Crippen molar-refractivity contribution in [3.8, 4) is 0 Å². The number of rotatable bonds is 12. The average Bonchev–Trinajstić information content (AvgIpc) is 2.53. The Morgan fingerprint density at radius 1 is 1.00 bits per heavy atom. The van der Waals surface area contributed by atoms with Crippen LogP contribution in [0.3, 0.4) is 0 Å². The summed E-state index contributed by atoms with van der Waals surface area (Å²) in [6.07, 6.45) is 11.5. The predicted molar refractivity (Wildman–Crippen MR) is 95.0 cm³/mol. The normalized spacial score (nSPS) is 12.1. The Morgan fingerprint density at radius 3 is 2.32 bits per heavy atom. The Morgan fingerprint density at radius 2 is 1.64 bits per heavy atom.